The van der Waals surface area contributed by atoms with Crippen molar-refractivity contribution in [1.82, 2.24) is 35.5 Å². The molecular formula is C34H36N8O5. The van der Waals surface area contributed by atoms with Crippen molar-refractivity contribution in [3.63, 3.8) is 0 Å². The molecular weight excluding hydrogens is 600 g/mol. The molecule has 0 aliphatic heterocycles. The van der Waals surface area contributed by atoms with Crippen molar-refractivity contribution in [2.45, 2.75) is 43.9 Å². The van der Waals surface area contributed by atoms with Crippen LogP contribution in [0.25, 0.3) is 11.2 Å². The molecule has 7 N–H and O–H groups in total. The Kier molecular flexibility index (Phi) is 10.7. The van der Waals surface area contributed by atoms with Gasteiger partial charge in [0.2, 0.25) is 11.8 Å². The van der Waals surface area contributed by atoms with E-state index in [1.165, 1.54) is 29.4 Å². The molecule has 3 unspecified atom stereocenters. The molecule has 0 radical (unpaired) electrons. The van der Waals surface area contributed by atoms with Gasteiger partial charge in [-0.25, -0.2) is 15.0 Å². The Morgan fingerprint density at radius 3 is 2.04 bits per heavy atom. The number of rotatable bonds is 15. The highest BCUT2D eigenvalue weighted by Crippen LogP contribution is 2.15. The first-order valence-corrected chi connectivity index (χ1v) is 15.1. The van der Waals surface area contributed by atoms with E-state index in [4.69, 9.17) is 5.73 Å². The highest BCUT2D eigenvalue weighted by Gasteiger charge is 2.26. The van der Waals surface area contributed by atoms with E-state index in [0.717, 1.165) is 16.7 Å². The first-order chi connectivity index (χ1) is 22.7. The highest BCUT2D eigenvalue weighted by atomic mass is 16.4. The number of carbonyl (C=O) groups is 3. The van der Waals surface area contributed by atoms with Crippen LogP contribution in [-0.2, 0) is 40.2 Å². The van der Waals surface area contributed by atoms with E-state index in [2.05, 4.69) is 30.9 Å². The molecule has 13 nitrogen and oxygen atoms in total. The van der Waals surface area contributed by atoms with Gasteiger partial charge in [0.1, 0.15) is 36.2 Å². The topological polar surface area (TPSA) is 197 Å². The molecule has 0 saturated heterocycles. The van der Waals surface area contributed by atoms with E-state index in [-0.39, 0.29) is 37.5 Å². The van der Waals surface area contributed by atoms with Gasteiger partial charge in [0.05, 0.1) is 6.33 Å². The summed E-state index contributed by atoms with van der Waals surface area (Å²) < 4.78 is 1.53. The first-order valence-electron chi connectivity index (χ1n) is 15.1. The van der Waals surface area contributed by atoms with Crippen molar-refractivity contribution in [3.05, 3.63) is 114 Å². The Bertz CT molecular complexity index is 1800. The van der Waals surface area contributed by atoms with Crippen LogP contribution in [0.4, 0.5) is 5.82 Å². The van der Waals surface area contributed by atoms with Gasteiger partial charge in [-0.15, -0.1) is 0 Å². The number of aliphatic carboxylic acids is 1. The van der Waals surface area contributed by atoms with Crippen LogP contribution in [0, 0.1) is 0 Å². The van der Waals surface area contributed by atoms with E-state index in [0.29, 0.717) is 17.6 Å². The third-order valence-electron chi connectivity index (χ3n) is 7.63. The van der Waals surface area contributed by atoms with Gasteiger partial charge in [-0.05, 0) is 41.7 Å². The number of carboxylic acids is 1. The molecule has 5 aromatic rings. The van der Waals surface area contributed by atoms with Gasteiger partial charge in [-0.3, -0.25) is 14.4 Å². The number of nitrogen functional groups attached to an aromatic ring is 1. The monoisotopic (exact) mass is 636 g/mol. The van der Waals surface area contributed by atoms with E-state index in [9.17, 15) is 24.6 Å². The molecule has 242 valence electrons. The average Bonchev–Trinajstić information content (AvgIpc) is 3.48. The zero-order chi connectivity index (χ0) is 33.2. The fraction of sp³-hybridized carbons (Fsp3) is 0.235. The lowest BCUT2D eigenvalue weighted by Gasteiger charge is -2.26. The van der Waals surface area contributed by atoms with Gasteiger partial charge in [-0.1, -0.05) is 72.8 Å². The number of carbonyl (C=O) groups excluding carboxylic acids is 2. The maximum atomic E-state index is 13.9. The number of hydrogen-bond donors (Lipinski definition) is 6. The predicted octanol–water partition coefficient (Wildman–Crippen LogP) is 1.85. The summed E-state index contributed by atoms with van der Waals surface area (Å²) in [5.41, 5.74) is 9.18. The second kappa shape index (κ2) is 15.5. The van der Waals surface area contributed by atoms with Gasteiger partial charge >= 0.3 is 5.97 Å². The number of amides is 2. The van der Waals surface area contributed by atoms with Crippen molar-refractivity contribution < 1.29 is 24.6 Å². The van der Waals surface area contributed by atoms with E-state index in [1.807, 2.05) is 60.7 Å². The zero-order valence-corrected chi connectivity index (χ0v) is 25.5. The largest absolute Gasteiger partial charge is 0.508 e. The number of nitrogens with zero attached hydrogens (tertiary/aromatic N) is 4. The molecule has 0 bridgehead atoms. The van der Waals surface area contributed by atoms with Crippen LogP contribution in [-0.4, -0.2) is 72.2 Å². The summed E-state index contributed by atoms with van der Waals surface area (Å²) in [4.78, 5) is 51.7. The molecule has 3 aromatic carbocycles. The van der Waals surface area contributed by atoms with Crippen molar-refractivity contribution in [2.75, 3.05) is 12.3 Å². The number of aromatic nitrogens is 4. The molecule has 2 heterocycles. The van der Waals surface area contributed by atoms with E-state index >= 15 is 0 Å². The summed E-state index contributed by atoms with van der Waals surface area (Å²) >= 11 is 0. The van der Waals surface area contributed by atoms with Crippen LogP contribution >= 0.6 is 0 Å². The number of carboxylic acid groups (broad SMARTS) is 1. The maximum absolute atomic E-state index is 13.9. The molecule has 47 heavy (non-hydrogen) atoms. The Labute approximate surface area is 270 Å². The number of aromatic hydroxyl groups is 1. The highest BCUT2D eigenvalue weighted by molar-refractivity contribution is 5.89. The molecule has 0 aliphatic rings. The molecule has 3 atom stereocenters. The van der Waals surface area contributed by atoms with Crippen LogP contribution in [0.2, 0.25) is 0 Å². The van der Waals surface area contributed by atoms with Crippen molar-refractivity contribution >= 4 is 34.8 Å². The Morgan fingerprint density at radius 1 is 0.766 bits per heavy atom. The lowest BCUT2D eigenvalue weighted by molar-refractivity contribution is -0.139. The Balaban J connectivity index is 1.32. The van der Waals surface area contributed by atoms with Crippen LogP contribution in [0.3, 0.4) is 0 Å². The Hall–Kier alpha value is -5.82. The minimum atomic E-state index is -1.05. The third kappa shape index (κ3) is 9.11. The minimum absolute atomic E-state index is 0.0911. The second-order valence-corrected chi connectivity index (χ2v) is 11.2. The predicted molar refractivity (Wildman–Crippen MR) is 175 cm³/mol. The van der Waals surface area contributed by atoms with Gasteiger partial charge in [-0.2, -0.15) is 0 Å². The summed E-state index contributed by atoms with van der Waals surface area (Å²) in [6.45, 7) is -0.0120. The summed E-state index contributed by atoms with van der Waals surface area (Å²) in [7, 11) is 0. The fourth-order valence-electron chi connectivity index (χ4n) is 5.24. The lowest BCUT2D eigenvalue weighted by atomic mass is 10.0. The number of nitrogens with one attached hydrogen (secondary N) is 3. The summed E-state index contributed by atoms with van der Waals surface area (Å²) in [5, 5.41) is 28.6. The number of anilines is 1. The molecule has 0 aliphatic carbocycles. The van der Waals surface area contributed by atoms with E-state index in [1.54, 1.807) is 12.1 Å². The Morgan fingerprint density at radius 2 is 1.38 bits per heavy atom. The summed E-state index contributed by atoms with van der Waals surface area (Å²) in [5.74, 6) is -1.61. The van der Waals surface area contributed by atoms with E-state index < -0.39 is 35.9 Å². The fourth-order valence-corrected chi connectivity index (χ4v) is 5.24. The molecule has 0 fully saturated rings. The number of imidazole rings is 1. The smallest absolute Gasteiger partial charge is 0.321 e. The van der Waals surface area contributed by atoms with Gasteiger partial charge in [0.15, 0.2) is 11.5 Å². The van der Waals surface area contributed by atoms with Crippen molar-refractivity contribution in [3.8, 4) is 5.75 Å². The van der Waals surface area contributed by atoms with Crippen LogP contribution < -0.4 is 21.7 Å². The zero-order valence-electron chi connectivity index (χ0n) is 25.5. The average molecular weight is 637 g/mol. The molecule has 5 rings (SSSR count). The third-order valence-corrected chi connectivity index (χ3v) is 7.63. The van der Waals surface area contributed by atoms with Crippen LogP contribution in [0.15, 0.2) is 97.6 Å². The second-order valence-electron chi connectivity index (χ2n) is 11.2. The van der Waals surface area contributed by atoms with Crippen LogP contribution in [0.5, 0.6) is 5.75 Å². The molecule has 0 spiro atoms. The maximum Gasteiger partial charge on any atom is 0.321 e. The molecule has 2 amide bonds. The van der Waals surface area contributed by atoms with Gasteiger partial charge < -0.3 is 36.5 Å². The number of phenolic OH excluding ortho intramolecular Hbond substituents is 1. The van der Waals surface area contributed by atoms with Crippen LogP contribution in [0.1, 0.15) is 16.7 Å². The van der Waals surface area contributed by atoms with Crippen molar-refractivity contribution in [1.29, 1.82) is 0 Å². The summed E-state index contributed by atoms with van der Waals surface area (Å²) in [6, 6.07) is 22.8. The number of phenols is 1. The molecule has 0 saturated carbocycles. The minimum Gasteiger partial charge on any atom is -0.508 e. The standard InChI is InChI=1S/C34H36N8O5/c35-31-30-32(38-20-37-31)42(21-39-30)19-29(44)41-27(16-23-9-5-2-6-10-23)33(45)40-25(15-22-7-3-1-4-8-22)18-36-28(34(46)47)17-24-11-13-26(43)14-12-24/h1-14,20-21,25,27-28,36,43H,15-19H2,(H,40,45)(H,41,44)(H,46,47)(H2,35,37,38). The quantitative estimate of drug-likeness (QED) is 0.0986. The number of hydrogen-bond acceptors (Lipinski definition) is 9. The number of fused-ring (bicyclic) bond motifs is 1. The molecule has 2 aromatic heterocycles. The number of benzene rings is 3. The van der Waals surface area contributed by atoms with Crippen molar-refractivity contribution in [2.24, 2.45) is 0 Å². The number of nitrogens with two attached hydrogens (primary N) is 1. The van der Waals surface area contributed by atoms with Gasteiger partial charge in [0.25, 0.3) is 0 Å². The summed E-state index contributed by atoms with van der Waals surface area (Å²) in [6.07, 6.45) is 3.55. The normalized spacial score (nSPS) is 13.0. The van der Waals surface area contributed by atoms with Gasteiger partial charge in [0, 0.05) is 19.0 Å². The molecule has 13 heteroatoms. The first kappa shape index (κ1) is 32.6. The lowest BCUT2D eigenvalue weighted by Crippen LogP contribution is -2.55. The SMILES string of the molecule is Nc1ncnc2c1ncn2CC(=O)NC(Cc1ccccc1)C(=O)NC(CNC(Cc1ccc(O)cc1)C(=O)O)Cc1ccccc1.